The second-order valence-electron chi connectivity index (χ2n) is 5.94. The van der Waals surface area contributed by atoms with Crippen molar-refractivity contribution in [3.8, 4) is 0 Å². The molecule has 122 valence electrons. The van der Waals surface area contributed by atoms with E-state index >= 15 is 0 Å². The molecule has 2 aromatic rings. The van der Waals surface area contributed by atoms with Gasteiger partial charge in [0.05, 0.1) is 6.20 Å². The van der Waals surface area contributed by atoms with Crippen molar-refractivity contribution in [1.82, 2.24) is 25.0 Å². The first-order valence-corrected chi connectivity index (χ1v) is 7.78. The molecule has 2 aromatic heterocycles. The highest BCUT2D eigenvalue weighted by atomic mass is 16.2. The van der Waals surface area contributed by atoms with Crippen molar-refractivity contribution >= 4 is 11.8 Å². The highest BCUT2D eigenvalue weighted by molar-refractivity contribution is 5.88. The molecule has 23 heavy (non-hydrogen) atoms. The number of amides is 2. The fraction of sp³-hybridized carbons (Fsp3) is 0.438. The minimum atomic E-state index is -0.201. The summed E-state index contributed by atoms with van der Waals surface area (Å²) < 4.78 is 1.63. The third kappa shape index (κ3) is 3.50. The third-order valence-electron chi connectivity index (χ3n) is 4.39. The highest BCUT2D eigenvalue weighted by Gasteiger charge is 2.33. The molecular weight excluding hydrogens is 292 g/mol. The fourth-order valence-electron chi connectivity index (χ4n) is 3.20. The summed E-state index contributed by atoms with van der Waals surface area (Å²) in [6.45, 7) is 1.66. The standard InChI is InChI=1S/C16H22N6O/c1-21-9-6-13(15(21)12-4-3-7-17-10-12)11-18-16(23)20-14-5-8-19-22(14)2/h3-5,7-8,10,13,15H,6,9,11H2,1-2H3,(H2,18,20,23)/t13-,15-/m0/s1. The Hall–Kier alpha value is -2.41. The van der Waals surface area contributed by atoms with Crippen LogP contribution >= 0.6 is 0 Å². The molecule has 1 saturated heterocycles. The largest absolute Gasteiger partial charge is 0.337 e. The minimum absolute atomic E-state index is 0.201. The Morgan fingerprint density at radius 1 is 1.35 bits per heavy atom. The van der Waals surface area contributed by atoms with Crippen LogP contribution in [-0.4, -0.2) is 45.8 Å². The molecular formula is C16H22N6O. The number of nitrogens with one attached hydrogen (secondary N) is 2. The van der Waals surface area contributed by atoms with Gasteiger partial charge in [0.1, 0.15) is 5.82 Å². The molecule has 2 atom stereocenters. The van der Waals surface area contributed by atoms with Crippen molar-refractivity contribution in [3.05, 3.63) is 42.4 Å². The minimum Gasteiger partial charge on any atom is -0.337 e. The number of pyridine rings is 1. The van der Waals surface area contributed by atoms with Crippen LogP contribution in [0.15, 0.2) is 36.8 Å². The lowest BCUT2D eigenvalue weighted by Crippen LogP contribution is -2.35. The van der Waals surface area contributed by atoms with Crippen LogP contribution < -0.4 is 10.6 Å². The summed E-state index contributed by atoms with van der Waals surface area (Å²) in [7, 11) is 3.91. The Kier molecular flexibility index (Phi) is 4.57. The monoisotopic (exact) mass is 314 g/mol. The molecule has 7 heteroatoms. The smallest absolute Gasteiger partial charge is 0.320 e. The van der Waals surface area contributed by atoms with Gasteiger partial charge in [-0.1, -0.05) is 6.07 Å². The highest BCUT2D eigenvalue weighted by Crippen LogP contribution is 2.35. The SMILES string of the molecule is CN1CC[C@@H](CNC(=O)Nc2ccnn2C)[C@@H]1c1cccnc1. The first-order chi connectivity index (χ1) is 11.1. The molecule has 0 spiro atoms. The second-order valence-corrected chi connectivity index (χ2v) is 5.94. The Bertz CT molecular complexity index is 656. The van der Waals surface area contributed by atoms with Crippen LogP contribution in [-0.2, 0) is 7.05 Å². The molecule has 2 amide bonds. The summed E-state index contributed by atoms with van der Waals surface area (Å²) in [5, 5.41) is 9.81. The van der Waals surface area contributed by atoms with Crippen LogP contribution in [0.1, 0.15) is 18.0 Å². The molecule has 0 radical (unpaired) electrons. The predicted octanol–water partition coefficient (Wildman–Crippen LogP) is 1.63. The number of urea groups is 1. The van der Waals surface area contributed by atoms with E-state index in [9.17, 15) is 4.79 Å². The molecule has 3 rings (SSSR count). The van der Waals surface area contributed by atoms with Gasteiger partial charge in [-0.3, -0.25) is 19.9 Å². The summed E-state index contributed by atoms with van der Waals surface area (Å²) >= 11 is 0. The van der Waals surface area contributed by atoms with Gasteiger partial charge in [0.25, 0.3) is 0 Å². The van der Waals surface area contributed by atoms with Gasteiger partial charge in [-0.05, 0) is 37.6 Å². The molecule has 0 unspecified atom stereocenters. The van der Waals surface area contributed by atoms with E-state index < -0.39 is 0 Å². The molecule has 1 fully saturated rings. The van der Waals surface area contributed by atoms with Crippen LogP contribution in [0.3, 0.4) is 0 Å². The zero-order valence-corrected chi connectivity index (χ0v) is 13.4. The maximum Gasteiger partial charge on any atom is 0.320 e. The first kappa shape index (κ1) is 15.5. The topological polar surface area (TPSA) is 75.1 Å². The fourth-order valence-corrected chi connectivity index (χ4v) is 3.20. The Labute approximate surface area is 135 Å². The van der Waals surface area contributed by atoms with Gasteiger partial charge in [-0.25, -0.2) is 4.79 Å². The number of anilines is 1. The van der Waals surface area contributed by atoms with Gasteiger partial charge in [0.15, 0.2) is 0 Å². The van der Waals surface area contributed by atoms with Gasteiger partial charge in [-0.15, -0.1) is 0 Å². The molecule has 1 aliphatic rings. The van der Waals surface area contributed by atoms with Crippen LogP contribution in [0, 0.1) is 5.92 Å². The maximum atomic E-state index is 12.1. The quantitative estimate of drug-likeness (QED) is 0.899. The summed E-state index contributed by atoms with van der Waals surface area (Å²) in [4.78, 5) is 18.6. The zero-order valence-electron chi connectivity index (χ0n) is 13.4. The number of nitrogens with zero attached hydrogens (tertiary/aromatic N) is 4. The van der Waals surface area contributed by atoms with Gasteiger partial charge in [0.2, 0.25) is 0 Å². The van der Waals surface area contributed by atoms with Gasteiger partial charge in [0, 0.05) is 38.1 Å². The maximum absolute atomic E-state index is 12.1. The van der Waals surface area contributed by atoms with E-state index in [4.69, 9.17) is 0 Å². The third-order valence-corrected chi connectivity index (χ3v) is 4.39. The van der Waals surface area contributed by atoms with Crippen LogP contribution in [0.5, 0.6) is 0 Å². The van der Waals surface area contributed by atoms with E-state index in [0.29, 0.717) is 24.3 Å². The van der Waals surface area contributed by atoms with E-state index in [-0.39, 0.29) is 6.03 Å². The number of carbonyl (C=O) groups excluding carboxylic acids is 1. The number of rotatable bonds is 4. The van der Waals surface area contributed by atoms with E-state index in [0.717, 1.165) is 13.0 Å². The van der Waals surface area contributed by atoms with E-state index in [1.54, 1.807) is 30.2 Å². The van der Waals surface area contributed by atoms with Crippen molar-refractivity contribution in [2.24, 2.45) is 13.0 Å². The summed E-state index contributed by atoms with van der Waals surface area (Å²) in [5.41, 5.74) is 1.20. The number of hydrogen-bond donors (Lipinski definition) is 2. The normalized spacial score (nSPS) is 21.3. The number of likely N-dealkylation sites (tertiary alicyclic amines) is 1. The van der Waals surface area contributed by atoms with E-state index in [2.05, 4.69) is 38.7 Å². The zero-order chi connectivity index (χ0) is 16.2. The molecule has 0 bridgehead atoms. The lowest BCUT2D eigenvalue weighted by Gasteiger charge is -2.25. The van der Waals surface area contributed by atoms with E-state index in [1.165, 1.54) is 5.56 Å². The average molecular weight is 314 g/mol. The van der Waals surface area contributed by atoms with Crippen molar-refractivity contribution in [3.63, 3.8) is 0 Å². The molecule has 0 aromatic carbocycles. The van der Waals surface area contributed by atoms with E-state index in [1.807, 2.05) is 12.3 Å². The molecule has 2 N–H and O–H groups in total. The lowest BCUT2D eigenvalue weighted by atomic mass is 9.95. The number of hydrogen-bond acceptors (Lipinski definition) is 4. The van der Waals surface area contributed by atoms with Crippen molar-refractivity contribution in [2.75, 3.05) is 25.5 Å². The van der Waals surface area contributed by atoms with Crippen molar-refractivity contribution in [1.29, 1.82) is 0 Å². The molecule has 3 heterocycles. The lowest BCUT2D eigenvalue weighted by molar-refractivity contribution is 0.243. The van der Waals surface area contributed by atoms with Crippen LogP contribution in [0.2, 0.25) is 0 Å². The summed E-state index contributed by atoms with van der Waals surface area (Å²) in [6.07, 6.45) is 6.41. The van der Waals surface area contributed by atoms with Crippen LogP contribution in [0.4, 0.5) is 10.6 Å². The predicted molar refractivity (Wildman–Crippen MR) is 87.9 cm³/mol. The molecule has 0 aliphatic carbocycles. The molecule has 1 aliphatic heterocycles. The second kappa shape index (κ2) is 6.78. The number of carbonyl (C=O) groups is 1. The Morgan fingerprint density at radius 3 is 2.91 bits per heavy atom. The van der Waals surface area contributed by atoms with Crippen molar-refractivity contribution in [2.45, 2.75) is 12.5 Å². The Morgan fingerprint density at radius 2 is 2.22 bits per heavy atom. The van der Waals surface area contributed by atoms with Crippen LogP contribution in [0.25, 0.3) is 0 Å². The average Bonchev–Trinajstić information content (AvgIpc) is 3.12. The first-order valence-electron chi connectivity index (χ1n) is 7.78. The summed E-state index contributed by atoms with van der Waals surface area (Å²) in [5.74, 6) is 1.05. The number of aryl methyl sites for hydroxylation is 1. The summed E-state index contributed by atoms with van der Waals surface area (Å²) in [6, 6.07) is 5.92. The Balaban J connectivity index is 1.59. The molecule has 0 saturated carbocycles. The van der Waals surface area contributed by atoms with Gasteiger partial charge in [-0.2, -0.15) is 5.10 Å². The van der Waals surface area contributed by atoms with Crippen molar-refractivity contribution < 1.29 is 4.79 Å². The van der Waals surface area contributed by atoms with Gasteiger partial charge >= 0.3 is 6.03 Å². The number of aromatic nitrogens is 3. The molecule has 7 nitrogen and oxygen atoms in total. The van der Waals surface area contributed by atoms with Gasteiger partial charge < -0.3 is 5.32 Å².